The number of hydrogen-bond acceptors (Lipinski definition) is 3. The number of carbonyl (C=O) groups is 1. The van der Waals surface area contributed by atoms with Crippen molar-refractivity contribution in [3.63, 3.8) is 0 Å². The van der Waals surface area contributed by atoms with Gasteiger partial charge in [-0.3, -0.25) is 9.48 Å². The van der Waals surface area contributed by atoms with Gasteiger partial charge in [0.15, 0.2) is 0 Å². The predicted molar refractivity (Wildman–Crippen MR) is 65.3 cm³/mol. The maximum absolute atomic E-state index is 11.4. The number of carbonyl (C=O) groups excluding carboxylic acids is 1. The van der Waals surface area contributed by atoms with Crippen LogP contribution in [-0.2, 0) is 9.53 Å². The van der Waals surface area contributed by atoms with Crippen LogP contribution >= 0.6 is 11.6 Å². The van der Waals surface area contributed by atoms with Gasteiger partial charge in [0.1, 0.15) is 5.38 Å². The molecule has 0 bridgehead atoms. The smallest absolute Gasteiger partial charge is 0.242 e. The molecule has 0 spiro atoms. The van der Waals surface area contributed by atoms with Crippen LogP contribution in [0.3, 0.4) is 0 Å². The molecule has 2 rings (SSSR count). The first-order chi connectivity index (χ1) is 8.16. The highest BCUT2D eigenvalue weighted by molar-refractivity contribution is 6.32. The van der Waals surface area contributed by atoms with E-state index >= 15 is 0 Å². The zero-order valence-electron chi connectivity index (χ0n) is 9.73. The first kappa shape index (κ1) is 12.4. The number of halogens is 1. The molecule has 6 heteroatoms. The quantitative estimate of drug-likeness (QED) is 0.840. The Morgan fingerprint density at radius 3 is 3.00 bits per heavy atom. The summed E-state index contributed by atoms with van der Waals surface area (Å²) < 4.78 is 7.18. The molecule has 1 fully saturated rings. The standard InChI is InChI=1S/C11H16ClN3O2/c1-8(12)11(16)14-9-6-13-15(7-9)10-2-4-17-5-3-10/h6-8,10H,2-5H2,1H3,(H,14,16). The van der Waals surface area contributed by atoms with E-state index in [1.165, 1.54) is 0 Å². The van der Waals surface area contributed by atoms with Crippen molar-refractivity contribution < 1.29 is 9.53 Å². The minimum atomic E-state index is -0.540. The van der Waals surface area contributed by atoms with Gasteiger partial charge in [0, 0.05) is 19.4 Å². The van der Waals surface area contributed by atoms with Crippen molar-refractivity contribution in [3.05, 3.63) is 12.4 Å². The fraction of sp³-hybridized carbons (Fsp3) is 0.636. The van der Waals surface area contributed by atoms with Gasteiger partial charge in [-0.15, -0.1) is 11.6 Å². The van der Waals surface area contributed by atoms with E-state index in [1.54, 1.807) is 13.1 Å². The number of alkyl halides is 1. The van der Waals surface area contributed by atoms with E-state index in [1.807, 2.05) is 10.9 Å². The van der Waals surface area contributed by atoms with Crippen LogP contribution in [0.4, 0.5) is 5.69 Å². The van der Waals surface area contributed by atoms with Crippen LogP contribution in [0.5, 0.6) is 0 Å². The highest BCUT2D eigenvalue weighted by Crippen LogP contribution is 2.21. The van der Waals surface area contributed by atoms with E-state index in [9.17, 15) is 4.79 Å². The molecule has 1 amide bonds. The SMILES string of the molecule is CC(Cl)C(=O)Nc1cnn(C2CCOCC2)c1. The van der Waals surface area contributed by atoms with Crippen molar-refractivity contribution in [2.24, 2.45) is 0 Å². The fourth-order valence-corrected chi connectivity index (χ4v) is 1.85. The Hall–Kier alpha value is -1.07. The Kier molecular flexibility index (Phi) is 4.02. The molecule has 1 unspecified atom stereocenters. The molecule has 1 saturated heterocycles. The van der Waals surface area contributed by atoms with Crippen LogP contribution in [0, 0.1) is 0 Å². The first-order valence-electron chi connectivity index (χ1n) is 5.73. The van der Waals surface area contributed by atoms with Crippen molar-refractivity contribution in [1.82, 2.24) is 9.78 Å². The number of aromatic nitrogens is 2. The Morgan fingerprint density at radius 2 is 2.35 bits per heavy atom. The van der Waals surface area contributed by atoms with E-state index in [4.69, 9.17) is 16.3 Å². The van der Waals surface area contributed by atoms with E-state index in [-0.39, 0.29) is 5.91 Å². The van der Waals surface area contributed by atoms with Gasteiger partial charge in [0.25, 0.3) is 0 Å². The van der Waals surface area contributed by atoms with Gasteiger partial charge in [0.2, 0.25) is 5.91 Å². The number of amides is 1. The molecule has 0 aliphatic carbocycles. The molecule has 2 heterocycles. The van der Waals surface area contributed by atoms with E-state index in [0.717, 1.165) is 26.1 Å². The van der Waals surface area contributed by atoms with Gasteiger partial charge in [-0.05, 0) is 19.8 Å². The molecule has 17 heavy (non-hydrogen) atoms. The van der Waals surface area contributed by atoms with Gasteiger partial charge in [-0.1, -0.05) is 0 Å². The Morgan fingerprint density at radius 1 is 1.65 bits per heavy atom. The summed E-state index contributed by atoms with van der Waals surface area (Å²) >= 11 is 5.68. The summed E-state index contributed by atoms with van der Waals surface area (Å²) in [5, 5.41) is 6.43. The number of nitrogens with zero attached hydrogens (tertiary/aromatic N) is 2. The molecule has 5 nitrogen and oxygen atoms in total. The third-order valence-electron chi connectivity index (χ3n) is 2.80. The summed E-state index contributed by atoms with van der Waals surface area (Å²) in [5.74, 6) is -0.210. The lowest BCUT2D eigenvalue weighted by Gasteiger charge is -2.22. The highest BCUT2D eigenvalue weighted by atomic mass is 35.5. The van der Waals surface area contributed by atoms with Crippen LogP contribution in [0.25, 0.3) is 0 Å². The van der Waals surface area contributed by atoms with Crippen LogP contribution < -0.4 is 5.32 Å². The topological polar surface area (TPSA) is 56.2 Å². The van der Waals surface area contributed by atoms with Crippen molar-refractivity contribution >= 4 is 23.2 Å². The fourth-order valence-electron chi connectivity index (χ4n) is 1.79. The predicted octanol–water partition coefficient (Wildman–Crippen LogP) is 1.80. The average molecular weight is 258 g/mol. The second-order valence-electron chi connectivity index (χ2n) is 4.16. The molecule has 1 aromatic rings. The lowest BCUT2D eigenvalue weighted by molar-refractivity contribution is -0.115. The summed E-state index contributed by atoms with van der Waals surface area (Å²) in [7, 11) is 0. The first-order valence-corrected chi connectivity index (χ1v) is 6.17. The monoisotopic (exact) mass is 257 g/mol. The molecule has 1 aromatic heterocycles. The summed E-state index contributed by atoms with van der Waals surface area (Å²) in [6.45, 7) is 3.18. The molecule has 0 aromatic carbocycles. The second-order valence-corrected chi connectivity index (χ2v) is 4.81. The van der Waals surface area contributed by atoms with Crippen LogP contribution in [0.1, 0.15) is 25.8 Å². The van der Waals surface area contributed by atoms with Crippen LogP contribution in [-0.4, -0.2) is 34.3 Å². The molecule has 94 valence electrons. The summed E-state index contributed by atoms with van der Waals surface area (Å²) in [5.41, 5.74) is 0.689. The Labute approximate surface area is 105 Å². The molecule has 1 N–H and O–H groups in total. The number of anilines is 1. The number of ether oxygens (including phenoxy) is 1. The number of hydrogen-bond donors (Lipinski definition) is 1. The van der Waals surface area contributed by atoms with Gasteiger partial charge in [0.05, 0.1) is 17.9 Å². The van der Waals surface area contributed by atoms with Gasteiger partial charge >= 0.3 is 0 Å². The van der Waals surface area contributed by atoms with E-state index in [2.05, 4.69) is 10.4 Å². The van der Waals surface area contributed by atoms with Gasteiger partial charge < -0.3 is 10.1 Å². The van der Waals surface area contributed by atoms with Crippen molar-refractivity contribution in [2.45, 2.75) is 31.2 Å². The normalized spacial score (nSPS) is 18.9. The minimum Gasteiger partial charge on any atom is -0.381 e. The molecule has 1 aliphatic heterocycles. The average Bonchev–Trinajstić information content (AvgIpc) is 2.78. The van der Waals surface area contributed by atoms with E-state index in [0.29, 0.717) is 11.7 Å². The Balaban J connectivity index is 1.97. The lowest BCUT2D eigenvalue weighted by Crippen LogP contribution is -2.21. The molecule has 1 aliphatic rings. The molecular weight excluding hydrogens is 242 g/mol. The minimum absolute atomic E-state index is 0.210. The van der Waals surface area contributed by atoms with Crippen LogP contribution in [0.15, 0.2) is 12.4 Å². The largest absolute Gasteiger partial charge is 0.381 e. The van der Waals surface area contributed by atoms with Crippen LogP contribution in [0.2, 0.25) is 0 Å². The number of rotatable bonds is 3. The van der Waals surface area contributed by atoms with E-state index < -0.39 is 5.38 Å². The lowest BCUT2D eigenvalue weighted by atomic mass is 10.1. The van der Waals surface area contributed by atoms with Crippen molar-refractivity contribution in [1.29, 1.82) is 0 Å². The summed E-state index contributed by atoms with van der Waals surface area (Å²) in [4.78, 5) is 11.4. The molecule has 1 atom stereocenters. The Bertz CT molecular complexity index is 386. The zero-order chi connectivity index (χ0) is 12.3. The van der Waals surface area contributed by atoms with Gasteiger partial charge in [-0.25, -0.2) is 0 Å². The summed E-state index contributed by atoms with van der Waals surface area (Å²) in [6.07, 6.45) is 5.40. The second kappa shape index (κ2) is 5.51. The molecule has 0 radical (unpaired) electrons. The van der Waals surface area contributed by atoms with Crippen molar-refractivity contribution in [3.8, 4) is 0 Å². The third-order valence-corrected chi connectivity index (χ3v) is 2.99. The third kappa shape index (κ3) is 3.20. The van der Waals surface area contributed by atoms with Gasteiger partial charge in [-0.2, -0.15) is 5.10 Å². The maximum Gasteiger partial charge on any atom is 0.242 e. The number of nitrogens with one attached hydrogen (secondary N) is 1. The maximum atomic E-state index is 11.4. The summed E-state index contributed by atoms with van der Waals surface area (Å²) in [6, 6.07) is 0.364. The molecular formula is C11H16ClN3O2. The molecule has 0 saturated carbocycles. The highest BCUT2D eigenvalue weighted by Gasteiger charge is 2.17. The van der Waals surface area contributed by atoms with Crippen molar-refractivity contribution in [2.75, 3.05) is 18.5 Å². The zero-order valence-corrected chi connectivity index (χ0v) is 10.5.